The van der Waals surface area contributed by atoms with Crippen molar-refractivity contribution in [1.29, 1.82) is 0 Å². The molecular formula is C29H30N2O4. The van der Waals surface area contributed by atoms with Crippen LogP contribution in [0.15, 0.2) is 66.7 Å². The average Bonchev–Trinajstić information content (AvgIpc) is 3.72. The summed E-state index contributed by atoms with van der Waals surface area (Å²) in [5, 5.41) is 2.84. The first-order valence-electron chi connectivity index (χ1n) is 12.1. The summed E-state index contributed by atoms with van der Waals surface area (Å²) < 4.78 is 11.0. The molecule has 3 aromatic rings. The van der Waals surface area contributed by atoms with Crippen molar-refractivity contribution in [2.45, 2.75) is 32.2 Å². The molecular weight excluding hydrogens is 440 g/mol. The van der Waals surface area contributed by atoms with E-state index in [9.17, 15) is 9.59 Å². The molecule has 180 valence electrons. The van der Waals surface area contributed by atoms with Crippen molar-refractivity contribution in [2.24, 2.45) is 5.92 Å². The minimum Gasteiger partial charge on any atom is -0.497 e. The van der Waals surface area contributed by atoms with E-state index in [0.29, 0.717) is 18.0 Å². The van der Waals surface area contributed by atoms with E-state index in [-0.39, 0.29) is 30.4 Å². The molecule has 0 aromatic heterocycles. The van der Waals surface area contributed by atoms with E-state index in [4.69, 9.17) is 9.47 Å². The number of hydrogen-bond acceptors (Lipinski definition) is 4. The van der Waals surface area contributed by atoms with Gasteiger partial charge in [0.05, 0.1) is 13.2 Å². The second-order valence-corrected chi connectivity index (χ2v) is 9.30. The van der Waals surface area contributed by atoms with Gasteiger partial charge in [0.1, 0.15) is 11.5 Å². The summed E-state index contributed by atoms with van der Waals surface area (Å²) in [6, 6.07) is 21.3. The van der Waals surface area contributed by atoms with Gasteiger partial charge in [-0.3, -0.25) is 9.59 Å². The number of hydrogen-bond donors (Lipinski definition) is 1. The number of rotatable bonds is 7. The summed E-state index contributed by atoms with van der Waals surface area (Å²) in [6.45, 7) is 2.68. The highest BCUT2D eigenvalue weighted by Gasteiger charge is 2.39. The molecule has 1 aliphatic carbocycles. The van der Waals surface area contributed by atoms with Crippen molar-refractivity contribution in [3.63, 3.8) is 0 Å². The summed E-state index contributed by atoms with van der Waals surface area (Å²) in [4.78, 5) is 27.7. The molecule has 6 heteroatoms. The molecule has 1 atom stereocenters. The highest BCUT2D eigenvalue weighted by atomic mass is 16.5. The van der Waals surface area contributed by atoms with E-state index in [1.807, 2.05) is 23.1 Å². The highest BCUT2D eigenvalue weighted by molar-refractivity contribution is 5.91. The van der Waals surface area contributed by atoms with Gasteiger partial charge in [-0.1, -0.05) is 35.9 Å². The van der Waals surface area contributed by atoms with Crippen LogP contribution in [0, 0.1) is 12.8 Å². The molecule has 2 amide bonds. The number of ether oxygens (including phenoxy) is 2. The molecule has 1 unspecified atom stereocenters. The van der Waals surface area contributed by atoms with Crippen LogP contribution >= 0.6 is 0 Å². The van der Waals surface area contributed by atoms with Gasteiger partial charge in [-0.15, -0.1) is 0 Å². The maximum Gasteiger partial charge on any atom is 0.262 e. The van der Waals surface area contributed by atoms with Gasteiger partial charge in [0.15, 0.2) is 6.61 Å². The average molecular weight is 471 g/mol. The standard InChI is InChI=1S/C29H30N2O4/c1-19-4-3-5-22(16-19)28-26-17-25(11-8-20(26)14-15-31(28)29(33)21-6-7-21)35-18-27(32)30-23-9-12-24(34-2)13-10-23/h3-5,8-13,16-17,21,28H,6-7,14-15,18H2,1-2H3,(H,30,32). The van der Waals surface area contributed by atoms with Crippen LogP contribution in [0.2, 0.25) is 0 Å². The van der Waals surface area contributed by atoms with Crippen molar-refractivity contribution >= 4 is 17.5 Å². The quantitative estimate of drug-likeness (QED) is 0.533. The van der Waals surface area contributed by atoms with Crippen LogP contribution in [0.4, 0.5) is 5.69 Å². The largest absolute Gasteiger partial charge is 0.497 e. The molecule has 1 heterocycles. The number of benzene rings is 3. The van der Waals surface area contributed by atoms with Crippen molar-refractivity contribution in [2.75, 3.05) is 25.6 Å². The Hall–Kier alpha value is -3.80. The number of nitrogens with one attached hydrogen (secondary N) is 1. The second-order valence-electron chi connectivity index (χ2n) is 9.30. The molecule has 0 bridgehead atoms. The zero-order chi connectivity index (χ0) is 24.4. The monoisotopic (exact) mass is 470 g/mol. The Morgan fingerprint density at radius 1 is 1.00 bits per heavy atom. The van der Waals surface area contributed by atoms with Crippen LogP contribution in [-0.4, -0.2) is 37.0 Å². The lowest BCUT2D eigenvalue weighted by molar-refractivity contribution is -0.134. The molecule has 0 spiro atoms. The lowest BCUT2D eigenvalue weighted by Gasteiger charge is -2.38. The smallest absolute Gasteiger partial charge is 0.262 e. The van der Waals surface area contributed by atoms with E-state index in [2.05, 4.69) is 36.5 Å². The van der Waals surface area contributed by atoms with Crippen LogP contribution in [0.25, 0.3) is 0 Å². The molecule has 35 heavy (non-hydrogen) atoms. The van der Waals surface area contributed by atoms with Crippen LogP contribution in [0.5, 0.6) is 11.5 Å². The lowest BCUT2D eigenvalue weighted by Crippen LogP contribution is -2.41. The molecule has 3 aromatic carbocycles. The number of aryl methyl sites for hydroxylation is 1. The topological polar surface area (TPSA) is 67.9 Å². The first-order valence-corrected chi connectivity index (χ1v) is 12.1. The number of amides is 2. The van der Waals surface area contributed by atoms with Gasteiger partial charge in [0.25, 0.3) is 5.91 Å². The number of carbonyl (C=O) groups is 2. The van der Waals surface area contributed by atoms with E-state index in [1.165, 1.54) is 5.56 Å². The fourth-order valence-electron chi connectivity index (χ4n) is 4.71. The Labute approximate surface area is 205 Å². The molecule has 0 saturated heterocycles. The number of nitrogens with zero attached hydrogens (tertiary/aromatic N) is 1. The van der Waals surface area contributed by atoms with Gasteiger partial charge in [-0.05, 0) is 79.3 Å². The number of anilines is 1. The van der Waals surface area contributed by atoms with Gasteiger partial charge >= 0.3 is 0 Å². The highest BCUT2D eigenvalue weighted by Crippen LogP contribution is 2.41. The molecule has 6 nitrogen and oxygen atoms in total. The number of carbonyl (C=O) groups excluding carboxylic acids is 2. The van der Waals surface area contributed by atoms with Crippen molar-refractivity contribution in [3.05, 3.63) is 89.0 Å². The van der Waals surface area contributed by atoms with E-state index < -0.39 is 0 Å². The first kappa shape index (κ1) is 23.0. The number of fused-ring (bicyclic) bond motifs is 1. The summed E-state index contributed by atoms with van der Waals surface area (Å²) in [5.41, 5.74) is 5.24. The molecule has 0 radical (unpaired) electrons. The zero-order valence-corrected chi connectivity index (χ0v) is 20.1. The lowest BCUT2D eigenvalue weighted by atomic mass is 9.87. The minimum absolute atomic E-state index is 0.107. The van der Waals surface area contributed by atoms with Crippen LogP contribution in [0.3, 0.4) is 0 Å². The molecule has 2 aliphatic rings. The van der Waals surface area contributed by atoms with Gasteiger partial charge in [0.2, 0.25) is 5.91 Å². The summed E-state index contributed by atoms with van der Waals surface area (Å²) >= 11 is 0. The minimum atomic E-state index is -0.242. The normalized spacial score (nSPS) is 16.9. The fourth-order valence-corrected chi connectivity index (χ4v) is 4.71. The Morgan fingerprint density at radius 3 is 2.49 bits per heavy atom. The van der Waals surface area contributed by atoms with Crippen LogP contribution in [-0.2, 0) is 16.0 Å². The molecule has 5 rings (SSSR count). The molecule has 1 fully saturated rings. The van der Waals surface area contributed by atoms with E-state index in [1.54, 1.807) is 31.4 Å². The third-order valence-electron chi connectivity index (χ3n) is 6.66. The fraction of sp³-hybridized carbons (Fsp3) is 0.310. The van der Waals surface area contributed by atoms with Gasteiger partial charge in [0, 0.05) is 18.2 Å². The van der Waals surface area contributed by atoms with Crippen molar-refractivity contribution < 1.29 is 19.1 Å². The Morgan fingerprint density at radius 2 is 1.77 bits per heavy atom. The first-order chi connectivity index (χ1) is 17.0. The summed E-state index contributed by atoms with van der Waals surface area (Å²) in [5.74, 6) is 1.50. The van der Waals surface area contributed by atoms with Crippen LogP contribution < -0.4 is 14.8 Å². The predicted molar refractivity (Wildman–Crippen MR) is 135 cm³/mol. The summed E-state index contributed by atoms with van der Waals surface area (Å²) in [6.07, 6.45) is 2.78. The third-order valence-corrected chi connectivity index (χ3v) is 6.66. The van der Waals surface area contributed by atoms with Crippen molar-refractivity contribution in [3.8, 4) is 11.5 Å². The Balaban J connectivity index is 1.35. The van der Waals surface area contributed by atoms with E-state index in [0.717, 1.165) is 41.7 Å². The number of methoxy groups -OCH3 is 1. The summed E-state index contributed by atoms with van der Waals surface area (Å²) in [7, 11) is 1.60. The van der Waals surface area contributed by atoms with Gasteiger partial charge in [-0.2, -0.15) is 0 Å². The van der Waals surface area contributed by atoms with E-state index >= 15 is 0 Å². The Kier molecular flexibility index (Phi) is 6.45. The molecule has 1 saturated carbocycles. The van der Waals surface area contributed by atoms with Crippen LogP contribution in [0.1, 0.15) is 41.1 Å². The second kappa shape index (κ2) is 9.82. The SMILES string of the molecule is COc1ccc(NC(=O)COc2ccc3c(c2)C(c2cccc(C)c2)N(C(=O)C2CC2)CC3)cc1. The maximum atomic E-state index is 13.2. The van der Waals surface area contributed by atoms with Gasteiger partial charge < -0.3 is 19.7 Å². The predicted octanol–water partition coefficient (Wildman–Crippen LogP) is 4.91. The Bertz CT molecular complexity index is 1230. The molecule has 1 aliphatic heterocycles. The molecule has 1 N–H and O–H groups in total. The van der Waals surface area contributed by atoms with Crippen molar-refractivity contribution in [1.82, 2.24) is 4.90 Å². The maximum absolute atomic E-state index is 13.2. The van der Waals surface area contributed by atoms with Gasteiger partial charge in [-0.25, -0.2) is 0 Å². The zero-order valence-electron chi connectivity index (χ0n) is 20.1. The third kappa shape index (κ3) is 5.16.